The van der Waals surface area contributed by atoms with Crippen molar-refractivity contribution in [2.45, 2.75) is 18.1 Å². The van der Waals surface area contributed by atoms with Crippen molar-refractivity contribution in [3.63, 3.8) is 0 Å². The van der Waals surface area contributed by atoms with Gasteiger partial charge < -0.3 is 24.6 Å². The lowest BCUT2D eigenvalue weighted by molar-refractivity contribution is -0.116. The summed E-state index contributed by atoms with van der Waals surface area (Å²) in [5.74, 6) is 0.0372. The van der Waals surface area contributed by atoms with E-state index in [2.05, 4.69) is 10.0 Å². The molecule has 1 aliphatic heterocycles. The maximum atomic E-state index is 13.3. The number of amides is 1. The molecule has 0 fully saturated rings. The van der Waals surface area contributed by atoms with Gasteiger partial charge in [0.1, 0.15) is 17.3 Å². The number of carbonyl (C=O) groups excluding carboxylic acids is 1. The normalized spacial score (nSPS) is 13.0. The fourth-order valence-corrected chi connectivity index (χ4v) is 4.83. The van der Waals surface area contributed by atoms with Crippen LogP contribution in [0, 0.1) is 0 Å². The Balaban J connectivity index is 1.61. The van der Waals surface area contributed by atoms with Crippen LogP contribution >= 0.6 is 0 Å². The van der Waals surface area contributed by atoms with Crippen molar-refractivity contribution in [1.82, 2.24) is 4.90 Å². The number of hydrogen-bond acceptors (Lipinski definition) is 7. The second kappa shape index (κ2) is 10.5. The van der Waals surface area contributed by atoms with E-state index in [9.17, 15) is 18.2 Å². The van der Waals surface area contributed by atoms with E-state index in [-0.39, 0.29) is 41.9 Å². The Labute approximate surface area is 204 Å². The average Bonchev–Trinajstić information content (AvgIpc) is 3.17. The van der Waals surface area contributed by atoms with Crippen LogP contribution in [0.5, 0.6) is 5.75 Å². The van der Waals surface area contributed by atoms with Crippen LogP contribution in [0.2, 0.25) is 0 Å². The highest BCUT2D eigenvalue weighted by molar-refractivity contribution is 7.92. The predicted octanol–water partition coefficient (Wildman–Crippen LogP) is 1.78. The van der Waals surface area contributed by atoms with Gasteiger partial charge in [-0.15, -0.1) is 0 Å². The van der Waals surface area contributed by atoms with Gasteiger partial charge in [0.25, 0.3) is 10.0 Å². The summed E-state index contributed by atoms with van der Waals surface area (Å²) in [5, 5.41) is 12.6. The van der Waals surface area contributed by atoms with Gasteiger partial charge in [-0.25, -0.2) is 8.42 Å². The summed E-state index contributed by atoms with van der Waals surface area (Å²) in [6.45, 7) is 0.622. The maximum absolute atomic E-state index is 13.3. The summed E-state index contributed by atoms with van der Waals surface area (Å²) >= 11 is 0. The van der Waals surface area contributed by atoms with E-state index in [4.69, 9.17) is 9.39 Å². The van der Waals surface area contributed by atoms with Crippen molar-refractivity contribution in [3.8, 4) is 5.75 Å². The highest BCUT2D eigenvalue weighted by atomic mass is 32.2. The summed E-state index contributed by atoms with van der Waals surface area (Å²) in [4.78, 5) is 14.0. The number of fused-ring (bicyclic) bond motifs is 1. The summed E-state index contributed by atoms with van der Waals surface area (Å²) in [7, 11) is -1.71. The Hall–Kier alpha value is -3.38. The van der Waals surface area contributed by atoms with E-state index in [1.807, 2.05) is 30.3 Å². The monoisotopic (exact) mass is 495 g/mol. The fourth-order valence-electron chi connectivity index (χ4n) is 3.64. The molecule has 0 saturated heterocycles. The second-order valence-corrected chi connectivity index (χ2v) is 10.1. The number of nitrogens with one attached hydrogen (secondary N) is 2. The van der Waals surface area contributed by atoms with Crippen molar-refractivity contribution in [2.24, 2.45) is 0 Å². The lowest BCUT2D eigenvalue weighted by Gasteiger charge is -2.17. The topological polar surface area (TPSA) is 117 Å². The van der Waals surface area contributed by atoms with E-state index in [0.29, 0.717) is 11.2 Å². The van der Waals surface area contributed by atoms with Gasteiger partial charge in [-0.05, 0) is 55.0 Å². The molecule has 0 atom stereocenters. The zero-order valence-corrected chi connectivity index (χ0v) is 20.2. The molecule has 1 amide bonds. The molecule has 4 rings (SSSR count). The highest BCUT2D eigenvalue weighted by Crippen LogP contribution is 2.29. The molecule has 1 aliphatic rings. The molecule has 3 aromatic carbocycles. The number of ether oxygens (including phenoxy) is 1. The molecule has 1 heterocycles. The summed E-state index contributed by atoms with van der Waals surface area (Å²) in [6, 6.07) is 18.8. The van der Waals surface area contributed by atoms with Gasteiger partial charge in [-0.2, -0.15) is 0 Å². The first kappa shape index (κ1) is 24.7. The van der Waals surface area contributed by atoms with Crippen LogP contribution < -0.4 is 20.2 Å². The molecule has 3 aromatic rings. The first-order valence-electron chi connectivity index (χ1n) is 10.9. The number of anilines is 2. The smallest absolute Gasteiger partial charge is 0.489 e. The molecule has 182 valence electrons. The van der Waals surface area contributed by atoms with E-state index >= 15 is 0 Å². The Bertz CT molecular complexity index is 1320. The first-order chi connectivity index (χ1) is 16.7. The SMILES string of the molecule is CN(C)CC(=O)Nc1cc(OCc2ccccc2)ccc1S(=O)(=O)Nc1ccc2c(c1)B(O)OC2. The van der Waals surface area contributed by atoms with Gasteiger partial charge in [0.15, 0.2) is 0 Å². The lowest BCUT2D eigenvalue weighted by atomic mass is 9.79. The number of rotatable bonds is 9. The maximum Gasteiger partial charge on any atom is 0.491 e. The third-order valence-electron chi connectivity index (χ3n) is 5.28. The number of sulfonamides is 1. The van der Waals surface area contributed by atoms with E-state index in [1.165, 1.54) is 18.2 Å². The number of nitrogens with zero attached hydrogens (tertiary/aromatic N) is 1. The molecule has 9 nitrogen and oxygen atoms in total. The number of hydrogen-bond donors (Lipinski definition) is 3. The molecule has 0 radical (unpaired) electrons. The highest BCUT2D eigenvalue weighted by Gasteiger charge is 2.28. The van der Waals surface area contributed by atoms with E-state index in [1.54, 1.807) is 37.2 Å². The van der Waals surface area contributed by atoms with Crippen molar-refractivity contribution in [3.05, 3.63) is 77.9 Å². The zero-order valence-electron chi connectivity index (χ0n) is 19.4. The number of likely N-dealkylation sites (N-methyl/N-ethyl adjacent to an activating group) is 1. The standard InChI is InChI=1S/C24H26BN3O6S/c1-28(2)14-24(29)26-22-13-20(33-15-17-6-4-3-5-7-17)10-11-23(22)35(31,32)27-19-9-8-18-16-34-25(30)21(18)12-19/h3-13,27,30H,14-16H2,1-2H3,(H,26,29). The summed E-state index contributed by atoms with van der Waals surface area (Å²) in [6.07, 6.45) is 0. The van der Waals surface area contributed by atoms with Crippen molar-refractivity contribution >= 4 is 39.9 Å². The molecule has 0 saturated carbocycles. The van der Waals surface area contributed by atoms with Gasteiger partial charge in [0, 0.05) is 11.8 Å². The third-order valence-corrected chi connectivity index (χ3v) is 6.72. The van der Waals surface area contributed by atoms with Crippen LogP contribution in [0.3, 0.4) is 0 Å². The Morgan fingerprint density at radius 3 is 2.63 bits per heavy atom. The van der Waals surface area contributed by atoms with E-state index in [0.717, 1.165) is 11.1 Å². The van der Waals surface area contributed by atoms with Crippen LogP contribution in [0.1, 0.15) is 11.1 Å². The quantitative estimate of drug-likeness (QED) is 0.388. The van der Waals surface area contributed by atoms with Gasteiger partial charge in [-0.3, -0.25) is 9.52 Å². The molecule has 35 heavy (non-hydrogen) atoms. The molecule has 0 spiro atoms. The van der Waals surface area contributed by atoms with Gasteiger partial charge in [0.05, 0.1) is 18.8 Å². The van der Waals surface area contributed by atoms with Crippen LogP contribution in [-0.2, 0) is 32.7 Å². The fraction of sp³-hybridized carbons (Fsp3) is 0.208. The second-order valence-electron chi connectivity index (χ2n) is 8.40. The van der Waals surface area contributed by atoms with Crippen LogP contribution in [0.25, 0.3) is 0 Å². The Morgan fingerprint density at radius 1 is 1.11 bits per heavy atom. The molecule has 0 aliphatic carbocycles. The first-order valence-corrected chi connectivity index (χ1v) is 12.4. The Kier molecular flexibility index (Phi) is 7.41. The summed E-state index contributed by atoms with van der Waals surface area (Å²) in [5.41, 5.74) is 2.61. The molecule has 3 N–H and O–H groups in total. The third kappa shape index (κ3) is 6.20. The molecular weight excluding hydrogens is 469 g/mol. The van der Waals surface area contributed by atoms with Crippen LogP contribution in [0.15, 0.2) is 71.6 Å². The summed E-state index contributed by atoms with van der Waals surface area (Å²) < 4.78 is 40.1. The minimum atomic E-state index is -4.09. The predicted molar refractivity (Wildman–Crippen MR) is 134 cm³/mol. The zero-order chi connectivity index (χ0) is 25.0. The van der Waals surface area contributed by atoms with Gasteiger partial charge in [-0.1, -0.05) is 36.4 Å². The Morgan fingerprint density at radius 2 is 1.89 bits per heavy atom. The average molecular weight is 495 g/mol. The minimum absolute atomic E-state index is 0.0741. The van der Waals surface area contributed by atoms with Crippen LogP contribution in [-0.4, -0.2) is 52.0 Å². The van der Waals surface area contributed by atoms with Crippen molar-refractivity contribution < 1.29 is 27.6 Å². The van der Waals surface area contributed by atoms with Gasteiger partial charge >= 0.3 is 7.12 Å². The van der Waals surface area contributed by atoms with Crippen molar-refractivity contribution in [1.29, 1.82) is 0 Å². The lowest BCUT2D eigenvalue weighted by Crippen LogP contribution is -2.29. The number of benzene rings is 3. The molecule has 0 aromatic heterocycles. The van der Waals surface area contributed by atoms with Crippen molar-refractivity contribution in [2.75, 3.05) is 30.7 Å². The molecular formula is C24H26BN3O6S. The molecule has 0 bridgehead atoms. The van der Waals surface area contributed by atoms with Gasteiger partial charge in [0.2, 0.25) is 5.91 Å². The molecule has 11 heteroatoms. The molecule has 0 unspecified atom stereocenters. The van der Waals surface area contributed by atoms with E-state index < -0.39 is 17.1 Å². The number of carbonyl (C=O) groups is 1. The van der Waals surface area contributed by atoms with Crippen LogP contribution in [0.4, 0.5) is 11.4 Å². The minimum Gasteiger partial charge on any atom is -0.489 e. The largest absolute Gasteiger partial charge is 0.491 e.